The predicted octanol–water partition coefficient (Wildman–Crippen LogP) is 3.71. The van der Waals surface area contributed by atoms with Gasteiger partial charge in [-0.3, -0.25) is 9.59 Å². The maximum Gasteiger partial charge on any atom is 0.259 e. The second kappa shape index (κ2) is 8.11. The van der Waals surface area contributed by atoms with Crippen LogP contribution in [-0.4, -0.2) is 23.3 Å². The number of aryl methyl sites for hydroxylation is 1. The van der Waals surface area contributed by atoms with E-state index in [0.717, 1.165) is 0 Å². The highest BCUT2D eigenvalue weighted by Crippen LogP contribution is 2.16. The fourth-order valence-electron chi connectivity index (χ4n) is 2.60. The number of furan rings is 2. The summed E-state index contributed by atoms with van der Waals surface area (Å²) in [5.74, 6) is 3.20. The number of rotatable bonds is 6. The maximum atomic E-state index is 12.7. The lowest BCUT2D eigenvalue weighted by Gasteiger charge is -2.19. The molecule has 0 atom stereocenters. The van der Waals surface area contributed by atoms with E-state index in [0.29, 0.717) is 28.3 Å². The number of carbonyl (C=O) groups is 2. The molecule has 0 radical (unpaired) electrons. The fourth-order valence-corrected chi connectivity index (χ4v) is 2.60. The summed E-state index contributed by atoms with van der Waals surface area (Å²) in [5.41, 5.74) is 1.51. The van der Waals surface area contributed by atoms with Crippen LogP contribution in [0.15, 0.2) is 63.8 Å². The minimum atomic E-state index is -0.271. The summed E-state index contributed by atoms with van der Waals surface area (Å²) in [6.07, 6.45) is 8.39. The Bertz CT molecular complexity index is 963. The van der Waals surface area contributed by atoms with Crippen molar-refractivity contribution in [1.29, 1.82) is 0 Å². The van der Waals surface area contributed by atoms with Crippen LogP contribution >= 0.6 is 0 Å². The quantitative estimate of drug-likeness (QED) is 0.678. The van der Waals surface area contributed by atoms with Crippen molar-refractivity contribution in [3.63, 3.8) is 0 Å². The molecule has 0 saturated carbocycles. The highest BCUT2D eigenvalue weighted by Gasteiger charge is 2.17. The van der Waals surface area contributed by atoms with Gasteiger partial charge in [0.25, 0.3) is 11.8 Å². The van der Waals surface area contributed by atoms with Crippen molar-refractivity contribution in [1.82, 2.24) is 4.90 Å². The summed E-state index contributed by atoms with van der Waals surface area (Å²) >= 11 is 0. The van der Waals surface area contributed by atoms with Crippen LogP contribution in [0.25, 0.3) is 0 Å². The number of amides is 2. The van der Waals surface area contributed by atoms with Crippen LogP contribution in [0.3, 0.4) is 0 Å². The molecule has 0 aliphatic carbocycles. The minimum Gasteiger partial charge on any atom is -0.469 e. The normalized spacial score (nSPS) is 10.2. The first-order chi connectivity index (χ1) is 13.1. The van der Waals surface area contributed by atoms with Crippen LogP contribution in [0.5, 0.6) is 0 Å². The topological polar surface area (TPSA) is 75.7 Å². The molecule has 1 N–H and O–H groups in total. The van der Waals surface area contributed by atoms with Crippen molar-refractivity contribution in [2.24, 2.45) is 0 Å². The van der Waals surface area contributed by atoms with Gasteiger partial charge in [-0.1, -0.05) is 5.92 Å². The molecule has 0 saturated heterocycles. The zero-order valence-corrected chi connectivity index (χ0v) is 14.8. The van der Waals surface area contributed by atoms with E-state index in [1.807, 2.05) is 0 Å². The van der Waals surface area contributed by atoms with E-state index in [-0.39, 0.29) is 24.9 Å². The molecule has 3 aromatic rings. The maximum absolute atomic E-state index is 12.7. The van der Waals surface area contributed by atoms with Gasteiger partial charge in [-0.25, -0.2) is 0 Å². The van der Waals surface area contributed by atoms with Gasteiger partial charge in [0.15, 0.2) is 0 Å². The first-order valence-electron chi connectivity index (χ1n) is 8.29. The summed E-state index contributed by atoms with van der Waals surface area (Å²) in [7, 11) is 0. The molecule has 3 rings (SSSR count). The number of anilines is 1. The molecular formula is C21H18N2O4. The highest BCUT2D eigenvalue weighted by atomic mass is 16.3. The van der Waals surface area contributed by atoms with Crippen molar-refractivity contribution in [2.45, 2.75) is 13.5 Å². The summed E-state index contributed by atoms with van der Waals surface area (Å²) in [5, 5.41) is 2.77. The van der Waals surface area contributed by atoms with Gasteiger partial charge in [-0.2, -0.15) is 0 Å². The molecule has 0 spiro atoms. The largest absolute Gasteiger partial charge is 0.469 e. The number of nitrogens with zero attached hydrogens (tertiary/aromatic N) is 1. The van der Waals surface area contributed by atoms with Gasteiger partial charge in [0, 0.05) is 11.3 Å². The lowest BCUT2D eigenvalue weighted by atomic mass is 10.1. The van der Waals surface area contributed by atoms with E-state index in [2.05, 4.69) is 11.2 Å². The van der Waals surface area contributed by atoms with Crippen LogP contribution in [0.4, 0.5) is 5.69 Å². The smallest absolute Gasteiger partial charge is 0.259 e. The van der Waals surface area contributed by atoms with Crippen LogP contribution in [-0.2, 0) is 6.54 Å². The van der Waals surface area contributed by atoms with Gasteiger partial charge >= 0.3 is 0 Å². The highest BCUT2D eigenvalue weighted by molar-refractivity contribution is 6.05. The molecular weight excluding hydrogens is 344 g/mol. The third-order valence-corrected chi connectivity index (χ3v) is 3.99. The van der Waals surface area contributed by atoms with E-state index in [4.69, 9.17) is 15.3 Å². The summed E-state index contributed by atoms with van der Waals surface area (Å²) in [6, 6.07) is 11.8. The molecule has 6 heteroatoms. The van der Waals surface area contributed by atoms with E-state index in [1.165, 1.54) is 11.2 Å². The third-order valence-electron chi connectivity index (χ3n) is 3.99. The Labute approximate surface area is 156 Å². The summed E-state index contributed by atoms with van der Waals surface area (Å²) in [4.78, 5) is 26.4. The Balaban J connectivity index is 1.69. The second-order valence-corrected chi connectivity index (χ2v) is 5.87. The van der Waals surface area contributed by atoms with Crippen molar-refractivity contribution in [2.75, 3.05) is 11.9 Å². The summed E-state index contributed by atoms with van der Waals surface area (Å²) < 4.78 is 10.4. The molecule has 0 unspecified atom stereocenters. The number of benzene rings is 1. The molecule has 0 fully saturated rings. The molecule has 27 heavy (non-hydrogen) atoms. The lowest BCUT2D eigenvalue weighted by Crippen LogP contribution is -2.30. The number of nitrogens with one attached hydrogen (secondary N) is 1. The average Bonchev–Trinajstić information content (AvgIpc) is 3.33. The number of hydrogen-bond donors (Lipinski definition) is 1. The lowest BCUT2D eigenvalue weighted by molar-refractivity contribution is 0.0755. The van der Waals surface area contributed by atoms with E-state index in [1.54, 1.807) is 55.7 Å². The van der Waals surface area contributed by atoms with Crippen molar-refractivity contribution < 1.29 is 18.4 Å². The van der Waals surface area contributed by atoms with E-state index < -0.39 is 0 Å². The molecule has 6 nitrogen and oxygen atoms in total. The number of carbonyl (C=O) groups excluding carboxylic acids is 2. The first-order valence-corrected chi connectivity index (χ1v) is 8.29. The monoisotopic (exact) mass is 362 g/mol. The van der Waals surface area contributed by atoms with E-state index in [9.17, 15) is 9.59 Å². The second-order valence-electron chi connectivity index (χ2n) is 5.87. The molecule has 1 aromatic carbocycles. The molecule has 136 valence electrons. The van der Waals surface area contributed by atoms with Crippen molar-refractivity contribution in [3.05, 3.63) is 77.6 Å². The molecule has 2 aromatic heterocycles. The van der Waals surface area contributed by atoms with Crippen LogP contribution in [0.2, 0.25) is 0 Å². The molecule has 0 aliphatic rings. The number of hydrogen-bond acceptors (Lipinski definition) is 4. The van der Waals surface area contributed by atoms with Crippen molar-refractivity contribution >= 4 is 17.5 Å². The number of terminal acetylenes is 1. The van der Waals surface area contributed by atoms with Gasteiger partial charge < -0.3 is 19.1 Å². The van der Waals surface area contributed by atoms with Crippen LogP contribution in [0, 0.1) is 19.3 Å². The molecule has 2 amide bonds. The molecule has 0 aliphatic heterocycles. The third kappa shape index (κ3) is 4.28. The zero-order chi connectivity index (χ0) is 19.2. The Morgan fingerprint density at radius 3 is 2.48 bits per heavy atom. The Kier molecular flexibility index (Phi) is 5.43. The Morgan fingerprint density at radius 1 is 1.11 bits per heavy atom. The van der Waals surface area contributed by atoms with Gasteiger partial charge in [0.1, 0.15) is 11.5 Å². The van der Waals surface area contributed by atoms with Crippen LogP contribution in [0.1, 0.15) is 32.2 Å². The average molecular weight is 362 g/mol. The molecule has 2 heterocycles. The summed E-state index contributed by atoms with van der Waals surface area (Å²) in [6.45, 7) is 2.17. The van der Waals surface area contributed by atoms with Crippen molar-refractivity contribution in [3.8, 4) is 12.3 Å². The van der Waals surface area contributed by atoms with E-state index >= 15 is 0 Å². The van der Waals surface area contributed by atoms with Crippen LogP contribution < -0.4 is 5.32 Å². The minimum absolute atomic E-state index is 0.164. The fraction of sp³-hybridized carbons (Fsp3) is 0.143. The Morgan fingerprint density at radius 2 is 1.89 bits per heavy atom. The predicted molar refractivity (Wildman–Crippen MR) is 100 cm³/mol. The molecule has 0 bridgehead atoms. The Hall–Kier alpha value is -3.72. The van der Waals surface area contributed by atoms with Gasteiger partial charge in [-0.05, 0) is 49.4 Å². The SMILES string of the molecule is C#CCN(Cc1ccco1)C(=O)c1ccc(NC(=O)c2ccoc2C)cc1. The standard InChI is InChI=1S/C21H18N2O4/c1-3-11-23(14-18-5-4-12-27-18)21(25)16-6-8-17(9-7-16)22-20(24)19-10-13-26-15(19)2/h1,4-10,12-13H,11,14H2,2H3,(H,22,24). The van der Waals surface area contributed by atoms with Gasteiger partial charge in [0.2, 0.25) is 0 Å². The van der Waals surface area contributed by atoms with Gasteiger partial charge in [-0.15, -0.1) is 6.42 Å². The zero-order valence-electron chi connectivity index (χ0n) is 14.8. The van der Waals surface area contributed by atoms with Gasteiger partial charge in [0.05, 0.1) is 31.2 Å². The first kappa shape index (κ1) is 18.1.